The van der Waals surface area contributed by atoms with Crippen LogP contribution in [0, 0.1) is 12.3 Å². The molecule has 0 aliphatic carbocycles. The van der Waals surface area contributed by atoms with Crippen LogP contribution in [0.5, 0.6) is 0 Å². The molecule has 1 atom stereocenters. The zero-order valence-electron chi connectivity index (χ0n) is 6.65. The van der Waals surface area contributed by atoms with E-state index in [1.807, 2.05) is 0 Å². The van der Waals surface area contributed by atoms with Crippen LogP contribution in [0.4, 0.5) is 0 Å². The fourth-order valence-electron chi connectivity index (χ4n) is 0.809. The van der Waals surface area contributed by atoms with Crippen molar-refractivity contribution < 1.29 is 5.11 Å². The van der Waals surface area contributed by atoms with Gasteiger partial charge in [0.25, 0.3) is 0 Å². The van der Waals surface area contributed by atoms with Gasteiger partial charge in [-0.2, -0.15) is 0 Å². The van der Waals surface area contributed by atoms with Crippen molar-refractivity contribution in [2.75, 3.05) is 0 Å². The minimum Gasteiger partial charge on any atom is -0.393 e. The summed E-state index contributed by atoms with van der Waals surface area (Å²) in [7, 11) is 0. The second kappa shape index (κ2) is 3.21. The van der Waals surface area contributed by atoms with Crippen molar-refractivity contribution in [2.45, 2.75) is 39.7 Å². The Kier molecular flexibility index (Phi) is 3.20. The first kappa shape index (κ1) is 8.96. The van der Waals surface area contributed by atoms with E-state index in [1.165, 1.54) is 0 Å². The highest BCUT2D eigenvalue weighted by Gasteiger charge is 2.14. The lowest BCUT2D eigenvalue weighted by molar-refractivity contribution is 0.123. The van der Waals surface area contributed by atoms with Crippen LogP contribution in [0.25, 0.3) is 0 Å². The van der Waals surface area contributed by atoms with Crippen molar-refractivity contribution in [1.29, 1.82) is 0 Å². The summed E-state index contributed by atoms with van der Waals surface area (Å²) in [5.74, 6) is 0. The molecule has 1 unspecified atom stereocenters. The Morgan fingerprint density at radius 2 is 1.89 bits per heavy atom. The van der Waals surface area contributed by atoms with E-state index in [-0.39, 0.29) is 11.5 Å². The molecule has 0 heterocycles. The van der Waals surface area contributed by atoms with E-state index >= 15 is 0 Å². The zero-order valence-corrected chi connectivity index (χ0v) is 6.65. The van der Waals surface area contributed by atoms with E-state index in [1.54, 1.807) is 0 Å². The number of aliphatic hydroxyl groups excluding tert-OH is 1. The third-order valence-electron chi connectivity index (χ3n) is 1.18. The molecule has 0 saturated carbocycles. The summed E-state index contributed by atoms with van der Waals surface area (Å²) in [5, 5.41) is 9.13. The lowest BCUT2D eigenvalue weighted by Crippen LogP contribution is -2.16. The molecule has 0 aromatic rings. The maximum atomic E-state index is 9.13. The van der Waals surface area contributed by atoms with Crippen LogP contribution in [0.15, 0.2) is 0 Å². The molecule has 0 saturated heterocycles. The van der Waals surface area contributed by atoms with Crippen LogP contribution in [0.3, 0.4) is 0 Å². The van der Waals surface area contributed by atoms with Crippen molar-refractivity contribution in [3.05, 3.63) is 6.92 Å². The predicted octanol–water partition coefficient (Wildman–Crippen LogP) is 2.01. The number of hydrogen-bond acceptors (Lipinski definition) is 1. The van der Waals surface area contributed by atoms with E-state index in [4.69, 9.17) is 5.11 Å². The van der Waals surface area contributed by atoms with Crippen LogP contribution in [-0.4, -0.2) is 11.2 Å². The SMILES string of the molecule is [CH2]CC(O)CC(C)(C)C. The fraction of sp³-hybridized carbons (Fsp3) is 0.875. The molecule has 0 aromatic heterocycles. The normalized spacial score (nSPS) is 15.7. The summed E-state index contributed by atoms with van der Waals surface area (Å²) >= 11 is 0. The zero-order chi connectivity index (χ0) is 7.49. The molecule has 0 bridgehead atoms. The maximum absolute atomic E-state index is 9.13. The monoisotopic (exact) mass is 129 g/mol. The molecule has 1 N–H and O–H groups in total. The Bertz CT molecular complexity index is 71.1. The molecule has 0 aliphatic rings. The van der Waals surface area contributed by atoms with Gasteiger partial charge in [-0.15, -0.1) is 0 Å². The summed E-state index contributed by atoms with van der Waals surface area (Å²) in [5.41, 5.74) is 0.233. The van der Waals surface area contributed by atoms with Crippen LogP contribution < -0.4 is 0 Å². The summed E-state index contributed by atoms with van der Waals surface area (Å²) in [4.78, 5) is 0. The minimum absolute atomic E-state index is 0.218. The van der Waals surface area contributed by atoms with Gasteiger partial charge in [-0.1, -0.05) is 27.7 Å². The molecule has 1 nitrogen and oxygen atoms in total. The largest absolute Gasteiger partial charge is 0.393 e. The average molecular weight is 129 g/mol. The van der Waals surface area contributed by atoms with Gasteiger partial charge in [0.05, 0.1) is 6.10 Å². The Morgan fingerprint density at radius 3 is 2.00 bits per heavy atom. The van der Waals surface area contributed by atoms with E-state index in [0.717, 1.165) is 6.42 Å². The highest BCUT2D eigenvalue weighted by Crippen LogP contribution is 2.21. The number of hydrogen-bond donors (Lipinski definition) is 1. The van der Waals surface area contributed by atoms with Gasteiger partial charge < -0.3 is 5.11 Å². The van der Waals surface area contributed by atoms with E-state index in [2.05, 4.69) is 27.7 Å². The molecular weight excluding hydrogens is 112 g/mol. The van der Waals surface area contributed by atoms with Crippen molar-refractivity contribution in [3.63, 3.8) is 0 Å². The summed E-state index contributed by atoms with van der Waals surface area (Å²) < 4.78 is 0. The molecule has 0 fully saturated rings. The maximum Gasteiger partial charge on any atom is 0.0545 e. The van der Waals surface area contributed by atoms with Gasteiger partial charge in [-0.05, 0) is 18.3 Å². The molecule has 0 aromatic carbocycles. The van der Waals surface area contributed by atoms with Gasteiger partial charge in [0.1, 0.15) is 0 Å². The molecule has 0 spiro atoms. The van der Waals surface area contributed by atoms with E-state index in [9.17, 15) is 0 Å². The number of rotatable bonds is 2. The molecule has 1 heteroatoms. The van der Waals surface area contributed by atoms with Gasteiger partial charge in [-0.3, -0.25) is 0 Å². The first-order valence-corrected chi connectivity index (χ1v) is 3.43. The van der Waals surface area contributed by atoms with Crippen molar-refractivity contribution >= 4 is 0 Å². The van der Waals surface area contributed by atoms with E-state index < -0.39 is 0 Å². The van der Waals surface area contributed by atoms with Crippen molar-refractivity contribution in [1.82, 2.24) is 0 Å². The van der Waals surface area contributed by atoms with Crippen molar-refractivity contribution in [2.24, 2.45) is 5.41 Å². The number of aliphatic hydroxyl groups is 1. The van der Waals surface area contributed by atoms with Crippen LogP contribution in [-0.2, 0) is 0 Å². The molecule has 0 amide bonds. The Hall–Kier alpha value is -0.0400. The van der Waals surface area contributed by atoms with Crippen LogP contribution in [0.2, 0.25) is 0 Å². The lowest BCUT2D eigenvalue weighted by Gasteiger charge is -2.20. The molecule has 0 aliphatic heterocycles. The Morgan fingerprint density at radius 1 is 1.44 bits per heavy atom. The molecular formula is C8H17O. The molecule has 9 heavy (non-hydrogen) atoms. The lowest BCUT2D eigenvalue weighted by atomic mass is 9.88. The second-order valence-corrected chi connectivity index (χ2v) is 3.71. The van der Waals surface area contributed by atoms with Gasteiger partial charge in [0, 0.05) is 0 Å². The third kappa shape index (κ3) is 5.84. The first-order chi connectivity index (χ1) is 3.95. The average Bonchev–Trinajstić information content (AvgIpc) is 1.62. The third-order valence-corrected chi connectivity index (χ3v) is 1.18. The highest BCUT2D eigenvalue weighted by atomic mass is 16.3. The quantitative estimate of drug-likeness (QED) is 0.604. The van der Waals surface area contributed by atoms with E-state index in [0.29, 0.717) is 6.42 Å². The minimum atomic E-state index is -0.218. The van der Waals surface area contributed by atoms with Gasteiger partial charge in [-0.25, -0.2) is 0 Å². The Balaban J connectivity index is 3.47. The smallest absolute Gasteiger partial charge is 0.0545 e. The highest BCUT2D eigenvalue weighted by molar-refractivity contribution is 4.68. The summed E-state index contributed by atoms with van der Waals surface area (Å²) in [6, 6.07) is 0. The summed E-state index contributed by atoms with van der Waals surface area (Å²) in [6.07, 6.45) is 1.25. The van der Waals surface area contributed by atoms with Crippen LogP contribution in [0.1, 0.15) is 33.6 Å². The topological polar surface area (TPSA) is 20.2 Å². The van der Waals surface area contributed by atoms with Gasteiger partial charge >= 0.3 is 0 Å². The first-order valence-electron chi connectivity index (χ1n) is 3.43. The molecule has 0 rings (SSSR count). The predicted molar refractivity (Wildman–Crippen MR) is 40.1 cm³/mol. The van der Waals surface area contributed by atoms with Crippen LogP contribution >= 0.6 is 0 Å². The van der Waals surface area contributed by atoms with Gasteiger partial charge in [0.15, 0.2) is 0 Å². The Labute approximate surface area is 58.1 Å². The fourth-order valence-corrected chi connectivity index (χ4v) is 0.809. The molecule has 1 radical (unpaired) electrons. The van der Waals surface area contributed by atoms with Gasteiger partial charge in [0.2, 0.25) is 0 Å². The summed E-state index contributed by atoms with van der Waals surface area (Å²) in [6.45, 7) is 9.97. The molecule has 55 valence electrons. The second-order valence-electron chi connectivity index (χ2n) is 3.71. The standard InChI is InChI=1S/C8H17O/c1-5-7(9)6-8(2,3)4/h7,9H,1,5-6H2,2-4H3. The van der Waals surface area contributed by atoms with Crippen molar-refractivity contribution in [3.8, 4) is 0 Å².